The molecule has 1 N–H and O–H groups in total. The van der Waals surface area contributed by atoms with Crippen molar-refractivity contribution in [2.45, 2.75) is 18.7 Å². The standard InChI is InChI=1S/C19H26N4O3S.ClH/c1-14-11-16-5-4-6-17(18(16)21-12-14)27(25,26)23-9-7-22(8-10-23)19(24)15(2)13-20-3;/h4-6,11-12,15,20H,7-10,13H2,1-3H3;1H. The molecule has 154 valence electrons. The maximum atomic E-state index is 13.2. The van der Waals surface area contributed by atoms with Gasteiger partial charge in [0.1, 0.15) is 4.90 Å². The molecule has 2 heterocycles. The van der Waals surface area contributed by atoms with Crippen LogP contribution in [0.25, 0.3) is 10.9 Å². The molecule has 0 spiro atoms. The van der Waals surface area contributed by atoms with Gasteiger partial charge < -0.3 is 10.2 Å². The second-order valence-electron chi connectivity index (χ2n) is 7.03. The molecule has 1 aliphatic heterocycles. The first-order valence-corrected chi connectivity index (χ1v) is 10.6. The van der Waals surface area contributed by atoms with E-state index < -0.39 is 10.0 Å². The van der Waals surface area contributed by atoms with Crippen LogP contribution in [-0.4, -0.2) is 68.3 Å². The Morgan fingerprint density at radius 2 is 1.93 bits per heavy atom. The van der Waals surface area contributed by atoms with E-state index in [4.69, 9.17) is 0 Å². The highest BCUT2D eigenvalue weighted by Gasteiger charge is 2.32. The van der Waals surface area contributed by atoms with Crippen LogP contribution in [0.4, 0.5) is 0 Å². The molecule has 0 radical (unpaired) electrons. The summed E-state index contributed by atoms with van der Waals surface area (Å²) < 4.78 is 27.8. The third kappa shape index (κ3) is 4.46. The molecule has 0 bridgehead atoms. The first kappa shape index (κ1) is 22.5. The molecular formula is C19H27ClN4O3S. The number of rotatable bonds is 5. The number of para-hydroxylation sites is 1. The lowest BCUT2D eigenvalue weighted by atomic mass is 10.1. The zero-order valence-electron chi connectivity index (χ0n) is 16.4. The van der Waals surface area contributed by atoms with Gasteiger partial charge in [-0.25, -0.2) is 8.42 Å². The van der Waals surface area contributed by atoms with Crippen LogP contribution in [0.1, 0.15) is 12.5 Å². The number of aryl methyl sites for hydroxylation is 1. The van der Waals surface area contributed by atoms with Gasteiger partial charge in [0.2, 0.25) is 15.9 Å². The largest absolute Gasteiger partial charge is 0.340 e. The first-order chi connectivity index (χ1) is 12.8. The van der Waals surface area contributed by atoms with Gasteiger partial charge in [0, 0.05) is 50.2 Å². The number of benzene rings is 1. The summed E-state index contributed by atoms with van der Waals surface area (Å²) in [7, 11) is -1.85. The van der Waals surface area contributed by atoms with Crippen LogP contribution in [0.5, 0.6) is 0 Å². The predicted molar refractivity (Wildman–Crippen MR) is 112 cm³/mol. The maximum Gasteiger partial charge on any atom is 0.245 e. The Morgan fingerprint density at radius 1 is 1.25 bits per heavy atom. The highest BCUT2D eigenvalue weighted by Crippen LogP contribution is 2.25. The Morgan fingerprint density at radius 3 is 2.57 bits per heavy atom. The minimum absolute atomic E-state index is 0. The lowest BCUT2D eigenvalue weighted by Gasteiger charge is -2.35. The summed E-state index contributed by atoms with van der Waals surface area (Å²) in [4.78, 5) is 18.8. The van der Waals surface area contributed by atoms with E-state index in [2.05, 4.69) is 10.3 Å². The molecule has 1 aliphatic rings. The Labute approximate surface area is 172 Å². The van der Waals surface area contributed by atoms with E-state index in [-0.39, 0.29) is 29.1 Å². The summed E-state index contributed by atoms with van der Waals surface area (Å²) in [5.74, 6) is -0.0626. The quantitative estimate of drug-likeness (QED) is 0.786. The van der Waals surface area contributed by atoms with Crippen molar-refractivity contribution in [1.29, 1.82) is 0 Å². The summed E-state index contributed by atoms with van der Waals surface area (Å²) in [6.07, 6.45) is 1.68. The summed E-state index contributed by atoms with van der Waals surface area (Å²) >= 11 is 0. The van der Waals surface area contributed by atoms with Gasteiger partial charge in [-0.15, -0.1) is 12.4 Å². The molecule has 0 aliphatic carbocycles. The number of pyridine rings is 1. The Kier molecular flexibility index (Phi) is 7.39. The summed E-state index contributed by atoms with van der Waals surface area (Å²) in [6.45, 7) is 5.82. The number of nitrogens with one attached hydrogen (secondary N) is 1. The summed E-state index contributed by atoms with van der Waals surface area (Å²) in [6, 6.07) is 7.15. The lowest BCUT2D eigenvalue weighted by Crippen LogP contribution is -2.52. The number of halogens is 1. The van der Waals surface area contributed by atoms with Crippen LogP contribution in [0, 0.1) is 12.8 Å². The molecular weight excluding hydrogens is 400 g/mol. The number of fused-ring (bicyclic) bond motifs is 1. The van der Waals surface area contributed by atoms with Crippen LogP contribution in [0.2, 0.25) is 0 Å². The van der Waals surface area contributed by atoms with Crippen LogP contribution in [0.15, 0.2) is 35.4 Å². The monoisotopic (exact) mass is 426 g/mol. The van der Waals surface area contributed by atoms with Gasteiger partial charge in [-0.1, -0.05) is 19.1 Å². The van der Waals surface area contributed by atoms with E-state index in [0.717, 1.165) is 10.9 Å². The molecule has 1 aromatic carbocycles. The number of amides is 1. The molecule has 1 saturated heterocycles. The van der Waals surface area contributed by atoms with E-state index >= 15 is 0 Å². The van der Waals surface area contributed by atoms with Crippen molar-refractivity contribution in [3.8, 4) is 0 Å². The van der Waals surface area contributed by atoms with Gasteiger partial charge in [0.15, 0.2) is 0 Å². The number of aromatic nitrogens is 1. The number of hydrogen-bond acceptors (Lipinski definition) is 5. The number of hydrogen-bond donors (Lipinski definition) is 1. The molecule has 1 atom stereocenters. The molecule has 2 aromatic rings. The first-order valence-electron chi connectivity index (χ1n) is 9.13. The second kappa shape index (κ2) is 9.17. The van der Waals surface area contributed by atoms with Crippen molar-refractivity contribution < 1.29 is 13.2 Å². The number of nitrogens with zero attached hydrogens (tertiary/aromatic N) is 3. The van der Waals surface area contributed by atoms with Gasteiger partial charge in [0.25, 0.3) is 0 Å². The van der Waals surface area contributed by atoms with Crippen molar-refractivity contribution >= 4 is 39.2 Å². The average molecular weight is 427 g/mol. The van der Waals surface area contributed by atoms with Gasteiger partial charge in [-0.05, 0) is 31.7 Å². The third-order valence-corrected chi connectivity index (χ3v) is 6.84. The SMILES string of the molecule is CNCC(C)C(=O)N1CCN(S(=O)(=O)c2cccc3cc(C)cnc23)CC1.Cl. The fourth-order valence-corrected chi connectivity index (χ4v) is 5.03. The lowest BCUT2D eigenvalue weighted by molar-refractivity contribution is -0.136. The van der Waals surface area contributed by atoms with Gasteiger partial charge in [-0.2, -0.15) is 4.31 Å². The number of carbonyl (C=O) groups is 1. The Bertz CT molecular complexity index is 943. The molecule has 28 heavy (non-hydrogen) atoms. The van der Waals surface area contributed by atoms with Crippen molar-refractivity contribution in [2.24, 2.45) is 5.92 Å². The van der Waals surface area contributed by atoms with Crippen LogP contribution < -0.4 is 5.32 Å². The average Bonchev–Trinajstić information content (AvgIpc) is 2.67. The minimum atomic E-state index is -3.66. The van der Waals surface area contributed by atoms with Gasteiger partial charge >= 0.3 is 0 Å². The molecule has 7 nitrogen and oxygen atoms in total. The number of carbonyl (C=O) groups excluding carboxylic acids is 1. The Hall–Kier alpha value is -1.74. The Balaban J connectivity index is 0.00000280. The van der Waals surface area contributed by atoms with Crippen LogP contribution >= 0.6 is 12.4 Å². The third-order valence-electron chi connectivity index (χ3n) is 4.91. The fourth-order valence-electron chi connectivity index (χ4n) is 3.44. The zero-order chi connectivity index (χ0) is 19.6. The van der Waals surface area contributed by atoms with E-state index in [0.29, 0.717) is 38.2 Å². The number of piperazine rings is 1. The molecule has 1 amide bonds. The molecule has 0 saturated carbocycles. The molecule has 1 fully saturated rings. The predicted octanol–water partition coefficient (Wildman–Crippen LogP) is 1.65. The van der Waals surface area contributed by atoms with Crippen LogP contribution in [0.3, 0.4) is 0 Å². The summed E-state index contributed by atoms with van der Waals surface area (Å²) in [5.41, 5.74) is 1.48. The minimum Gasteiger partial charge on any atom is -0.340 e. The van der Waals surface area contributed by atoms with Gasteiger partial charge in [0.05, 0.1) is 5.52 Å². The molecule has 1 unspecified atom stereocenters. The molecule has 3 rings (SSSR count). The molecule has 9 heteroatoms. The topological polar surface area (TPSA) is 82.6 Å². The van der Waals surface area contributed by atoms with Gasteiger partial charge in [-0.3, -0.25) is 9.78 Å². The highest BCUT2D eigenvalue weighted by atomic mass is 35.5. The van der Waals surface area contributed by atoms with E-state index in [1.54, 1.807) is 23.2 Å². The van der Waals surface area contributed by atoms with Crippen molar-refractivity contribution in [2.75, 3.05) is 39.8 Å². The van der Waals surface area contributed by atoms with E-state index in [1.165, 1.54) is 4.31 Å². The molecule has 1 aromatic heterocycles. The number of sulfonamides is 1. The smallest absolute Gasteiger partial charge is 0.245 e. The normalized spacial score (nSPS) is 16.6. The second-order valence-corrected chi connectivity index (χ2v) is 8.93. The highest BCUT2D eigenvalue weighted by molar-refractivity contribution is 7.89. The van der Waals surface area contributed by atoms with E-state index in [9.17, 15) is 13.2 Å². The zero-order valence-corrected chi connectivity index (χ0v) is 18.0. The summed E-state index contributed by atoms with van der Waals surface area (Å²) in [5, 5.41) is 3.81. The van der Waals surface area contributed by atoms with Crippen molar-refractivity contribution in [3.05, 3.63) is 36.0 Å². The fraction of sp³-hybridized carbons (Fsp3) is 0.474. The van der Waals surface area contributed by atoms with Crippen LogP contribution in [-0.2, 0) is 14.8 Å². The van der Waals surface area contributed by atoms with Crippen molar-refractivity contribution in [3.63, 3.8) is 0 Å². The van der Waals surface area contributed by atoms with E-state index in [1.807, 2.05) is 33.0 Å². The van der Waals surface area contributed by atoms with Crippen molar-refractivity contribution in [1.82, 2.24) is 19.5 Å². The maximum absolute atomic E-state index is 13.2.